The van der Waals surface area contributed by atoms with E-state index in [0.717, 1.165) is 12.8 Å². The van der Waals surface area contributed by atoms with Gasteiger partial charge in [0.05, 0.1) is 31.2 Å². The van der Waals surface area contributed by atoms with Gasteiger partial charge in [0.25, 0.3) is 0 Å². The Balaban J connectivity index is 2.07. The molecule has 0 aromatic heterocycles. The summed E-state index contributed by atoms with van der Waals surface area (Å²) in [6, 6.07) is 0. The van der Waals surface area contributed by atoms with Crippen molar-refractivity contribution in [2.75, 3.05) is 7.11 Å². The van der Waals surface area contributed by atoms with Gasteiger partial charge in [-0.05, 0) is 12.8 Å². The topological polar surface area (TPSA) is 72.8 Å². The van der Waals surface area contributed by atoms with E-state index in [2.05, 4.69) is 0 Å². The molecule has 2 aliphatic heterocycles. The van der Waals surface area contributed by atoms with Gasteiger partial charge in [-0.25, -0.2) is 4.79 Å². The second kappa shape index (κ2) is 3.07. The fourth-order valence-corrected chi connectivity index (χ4v) is 3.25. The number of carboxylic acids is 1. The summed E-state index contributed by atoms with van der Waals surface area (Å²) >= 11 is 0. The molecule has 5 heteroatoms. The van der Waals surface area contributed by atoms with Crippen LogP contribution in [-0.4, -0.2) is 36.2 Å². The zero-order chi connectivity index (χ0) is 11.4. The van der Waals surface area contributed by atoms with E-state index in [1.807, 2.05) is 0 Å². The molecule has 0 aromatic rings. The number of carbonyl (C=O) groups is 2. The molecule has 2 heterocycles. The molecule has 0 radical (unpaired) electrons. The molecular formula is C11H12O5. The van der Waals surface area contributed by atoms with E-state index in [1.54, 1.807) is 0 Å². The van der Waals surface area contributed by atoms with Gasteiger partial charge in [-0.1, -0.05) is 0 Å². The first-order chi connectivity index (χ1) is 7.65. The Hall–Kier alpha value is -1.36. The van der Waals surface area contributed by atoms with Crippen LogP contribution in [0.5, 0.6) is 0 Å². The van der Waals surface area contributed by atoms with E-state index in [0.29, 0.717) is 5.76 Å². The number of ketones is 1. The zero-order valence-corrected chi connectivity index (χ0v) is 8.80. The van der Waals surface area contributed by atoms with Crippen LogP contribution in [0.2, 0.25) is 0 Å². The first kappa shape index (κ1) is 9.84. The van der Waals surface area contributed by atoms with Gasteiger partial charge in [-0.2, -0.15) is 0 Å². The van der Waals surface area contributed by atoms with Gasteiger partial charge in [-0.15, -0.1) is 0 Å². The second-order valence-corrected chi connectivity index (χ2v) is 4.45. The van der Waals surface area contributed by atoms with Crippen molar-refractivity contribution in [3.05, 3.63) is 11.3 Å². The molecule has 16 heavy (non-hydrogen) atoms. The van der Waals surface area contributed by atoms with Gasteiger partial charge in [-0.3, -0.25) is 4.79 Å². The van der Waals surface area contributed by atoms with Crippen LogP contribution in [0.25, 0.3) is 0 Å². The molecule has 4 unspecified atom stereocenters. The van der Waals surface area contributed by atoms with Crippen molar-refractivity contribution in [2.45, 2.75) is 25.0 Å². The third kappa shape index (κ3) is 0.988. The van der Waals surface area contributed by atoms with Crippen molar-refractivity contribution in [1.82, 2.24) is 0 Å². The van der Waals surface area contributed by atoms with Crippen molar-refractivity contribution >= 4 is 11.8 Å². The lowest BCUT2D eigenvalue weighted by Gasteiger charge is -2.21. The number of hydrogen-bond donors (Lipinski definition) is 1. The minimum absolute atomic E-state index is 0.0363. The Bertz CT molecular complexity index is 411. The molecular weight excluding hydrogens is 212 g/mol. The SMILES string of the molecule is COC1=C(C(=O)O)C(=O)C2C3CCC(O3)C12. The molecule has 5 nitrogen and oxygen atoms in total. The summed E-state index contributed by atoms with van der Waals surface area (Å²) in [5.74, 6) is -1.67. The van der Waals surface area contributed by atoms with Crippen LogP contribution in [0, 0.1) is 11.8 Å². The number of hydrogen-bond acceptors (Lipinski definition) is 4. The van der Waals surface area contributed by atoms with Gasteiger partial charge in [0.15, 0.2) is 5.78 Å². The Labute approximate surface area is 92.0 Å². The lowest BCUT2D eigenvalue weighted by molar-refractivity contribution is -0.135. The summed E-state index contributed by atoms with van der Waals surface area (Å²) in [7, 11) is 1.42. The maximum atomic E-state index is 12.0. The van der Waals surface area contributed by atoms with Crippen LogP contribution < -0.4 is 0 Å². The molecule has 2 bridgehead atoms. The Kier molecular flexibility index (Phi) is 1.89. The molecule has 1 N–H and O–H groups in total. The van der Waals surface area contributed by atoms with E-state index in [1.165, 1.54) is 7.11 Å². The average Bonchev–Trinajstić information content (AvgIpc) is 2.88. The van der Waals surface area contributed by atoms with Crippen molar-refractivity contribution in [3.8, 4) is 0 Å². The predicted molar refractivity (Wildman–Crippen MR) is 51.6 cm³/mol. The highest BCUT2D eigenvalue weighted by molar-refractivity contribution is 6.20. The Morgan fingerprint density at radius 3 is 2.56 bits per heavy atom. The van der Waals surface area contributed by atoms with Crippen molar-refractivity contribution in [3.63, 3.8) is 0 Å². The third-order valence-corrected chi connectivity index (χ3v) is 3.81. The molecule has 4 atom stereocenters. The molecule has 86 valence electrons. The average molecular weight is 224 g/mol. The van der Waals surface area contributed by atoms with Crippen LogP contribution in [0.3, 0.4) is 0 Å². The van der Waals surface area contributed by atoms with Crippen LogP contribution in [0.15, 0.2) is 11.3 Å². The second-order valence-electron chi connectivity index (χ2n) is 4.45. The highest BCUT2D eigenvalue weighted by atomic mass is 16.5. The number of methoxy groups -OCH3 is 1. The maximum absolute atomic E-state index is 12.0. The summed E-state index contributed by atoms with van der Waals surface area (Å²) in [6.07, 6.45) is 1.59. The summed E-state index contributed by atoms with van der Waals surface area (Å²) < 4.78 is 10.8. The van der Waals surface area contributed by atoms with Gasteiger partial charge in [0.1, 0.15) is 11.3 Å². The highest BCUT2D eigenvalue weighted by Gasteiger charge is 2.60. The van der Waals surface area contributed by atoms with Crippen molar-refractivity contribution in [2.24, 2.45) is 11.8 Å². The number of Topliss-reactive ketones (excluding diaryl/α,β-unsaturated/α-hetero) is 1. The molecule has 0 amide bonds. The summed E-state index contributed by atoms with van der Waals surface area (Å²) in [5.41, 5.74) is -0.169. The van der Waals surface area contributed by atoms with Crippen molar-refractivity contribution in [1.29, 1.82) is 0 Å². The fraction of sp³-hybridized carbons (Fsp3) is 0.636. The van der Waals surface area contributed by atoms with E-state index in [4.69, 9.17) is 14.6 Å². The first-order valence-electron chi connectivity index (χ1n) is 5.36. The maximum Gasteiger partial charge on any atom is 0.342 e. The van der Waals surface area contributed by atoms with Crippen molar-refractivity contribution < 1.29 is 24.2 Å². The predicted octanol–water partition coefficient (Wildman–Crippen LogP) is 0.348. The van der Waals surface area contributed by atoms with Gasteiger partial charge in [0.2, 0.25) is 0 Å². The molecule has 2 saturated heterocycles. The number of fused-ring (bicyclic) bond motifs is 5. The monoisotopic (exact) mass is 224 g/mol. The molecule has 0 aromatic carbocycles. The molecule has 1 aliphatic carbocycles. The fourth-order valence-electron chi connectivity index (χ4n) is 3.25. The lowest BCUT2D eigenvalue weighted by atomic mass is 9.80. The minimum atomic E-state index is -1.18. The van der Waals surface area contributed by atoms with E-state index in [9.17, 15) is 9.59 Å². The summed E-state index contributed by atoms with van der Waals surface area (Å²) in [4.78, 5) is 23.0. The number of rotatable bonds is 2. The molecule has 3 aliphatic rings. The largest absolute Gasteiger partial charge is 0.500 e. The highest BCUT2D eigenvalue weighted by Crippen LogP contribution is 2.52. The molecule has 2 fully saturated rings. The number of aliphatic carboxylic acids is 1. The van der Waals surface area contributed by atoms with Crippen LogP contribution in [0.4, 0.5) is 0 Å². The quantitative estimate of drug-likeness (QED) is 0.685. The smallest absolute Gasteiger partial charge is 0.342 e. The lowest BCUT2D eigenvalue weighted by Crippen LogP contribution is -2.29. The van der Waals surface area contributed by atoms with Crippen LogP contribution in [0.1, 0.15) is 12.8 Å². The van der Waals surface area contributed by atoms with Crippen LogP contribution in [-0.2, 0) is 19.1 Å². The normalized spacial score (nSPS) is 40.4. The minimum Gasteiger partial charge on any atom is -0.500 e. The molecule has 0 saturated carbocycles. The number of ether oxygens (including phenoxy) is 2. The van der Waals surface area contributed by atoms with Gasteiger partial charge in [0, 0.05) is 0 Å². The standard InChI is InChI=1S/C11H12O5/c1-15-10-7-5-3-2-4(16-5)6(7)9(12)8(10)11(13)14/h4-7H,2-3H2,1H3,(H,13,14). The Morgan fingerprint density at radius 1 is 1.38 bits per heavy atom. The zero-order valence-electron chi connectivity index (χ0n) is 8.80. The van der Waals surface area contributed by atoms with E-state index >= 15 is 0 Å². The summed E-state index contributed by atoms with van der Waals surface area (Å²) in [5, 5.41) is 9.03. The summed E-state index contributed by atoms with van der Waals surface area (Å²) in [6.45, 7) is 0. The molecule has 3 rings (SSSR count). The molecule has 0 spiro atoms. The Morgan fingerprint density at radius 2 is 2.00 bits per heavy atom. The van der Waals surface area contributed by atoms with Gasteiger partial charge >= 0.3 is 5.97 Å². The van der Waals surface area contributed by atoms with Crippen LogP contribution >= 0.6 is 0 Å². The third-order valence-electron chi connectivity index (χ3n) is 3.81. The number of carbonyl (C=O) groups excluding carboxylic acids is 1. The van der Waals surface area contributed by atoms with Gasteiger partial charge < -0.3 is 14.6 Å². The van der Waals surface area contributed by atoms with E-state index < -0.39 is 5.97 Å². The number of carboxylic acid groups (broad SMARTS) is 1. The van der Waals surface area contributed by atoms with E-state index in [-0.39, 0.29) is 35.4 Å². The first-order valence-corrected chi connectivity index (χ1v) is 5.36.